The number of phenolic OH excluding ortho intramolecular Hbond substituents is 1. The number of ether oxygens (including phenoxy) is 1. The summed E-state index contributed by atoms with van der Waals surface area (Å²) in [4.78, 5) is 37.7. The summed E-state index contributed by atoms with van der Waals surface area (Å²) in [5.74, 6) is -1.59. The van der Waals surface area contributed by atoms with Crippen LogP contribution in [0.5, 0.6) is 11.5 Å². The minimum Gasteiger partial charge on any atom is -0.504 e. The fourth-order valence-corrected chi connectivity index (χ4v) is 8.86. The van der Waals surface area contributed by atoms with E-state index in [0.29, 0.717) is 12.2 Å². The second-order valence-corrected chi connectivity index (χ2v) is 13.6. The average molecular weight is 617 g/mol. The number of unbranched alkanes of at least 4 members (excludes halogenated alkanes) is 1. The third-order valence-electron chi connectivity index (χ3n) is 11.2. The third kappa shape index (κ3) is 4.76. The zero-order valence-corrected chi connectivity index (χ0v) is 25.1. The van der Waals surface area contributed by atoms with E-state index in [-0.39, 0.29) is 35.8 Å². The van der Waals surface area contributed by atoms with Crippen LogP contribution in [0.2, 0.25) is 0 Å². The number of aliphatic hydroxyl groups excluding tert-OH is 2. The maximum Gasteiger partial charge on any atom is 0.335 e. The molecule has 4 fully saturated rings. The van der Waals surface area contributed by atoms with Crippen LogP contribution in [0, 0.1) is 11.8 Å². The molecule has 0 aromatic heterocycles. The molecule has 6 aliphatic rings. The Morgan fingerprint density at radius 2 is 1.75 bits per heavy atom. The molecule has 0 radical (unpaired) electrons. The molecule has 4 unspecified atom stereocenters. The standard InChI is InChI=1S/C28H38N2O4.C4H6O6/c1-2-3-4-18-10-13-30(26(18)32)20-9-11-28(33)22-15-19-7-8-21(31)24-23(19)27(28,25(20)34-24)12-14-29(22)16-17-5-6-17;5-1(3(7)8)2(6)4(9)10/h7-8,17-18,20,22,25,31,33H,2-6,9-16H2,1H3;1-2,5-6H,(H,7,8)(H,9,10)/t18?,20-,22+,25-,27-,28?;/m0./s1. The molecule has 44 heavy (non-hydrogen) atoms. The number of piperidine rings is 1. The highest BCUT2D eigenvalue weighted by molar-refractivity contribution is 5.83. The van der Waals surface area contributed by atoms with Crippen molar-refractivity contribution in [3.63, 3.8) is 0 Å². The van der Waals surface area contributed by atoms with Crippen molar-refractivity contribution in [1.29, 1.82) is 0 Å². The zero-order chi connectivity index (χ0) is 31.6. The van der Waals surface area contributed by atoms with E-state index in [9.17, 15) is 24.6 Å². The number of nitrogens with zero attached hydrogens (tertiary/aromatic N) is 2. The largest absolute Gasteiger partial charge is 0.504 e. The molecule has 2 bridgehead atoms. The SMILES string of the molecule is CCCCC1CCN([C@H]2CCC3(O)[C@H]4Cc5ccc(O)c6c5[C@@]3(CCN4CC3CC3)[C@H]2O6)C1=O.O=C(O)C(O)C(O)C(=O)O. The molecule has 12 heteroatoms. The van der Waals surface area contributed by atoms with Gasteiger partial charge < -0.3 is 40.3 Å². The van der Waals surface area contributed by atoms with Gasteiger partial charge in [-0.05, 0) is 75.5 Å². The Hall–Kier alpha value is -2.93. The first-order valence-corrected chi connectivity index (χ1v) is 16.0. The predicted molar refractivity (Wildman–Crippen MR) is 155 cm³/mol. The summed E-state index contributed by atoms with van der Waals surface area (Å²) < 4.78 is 6.67. The van der Waals surface area contributed by atoms with Gasteiger partial charge in [0.2, 0.25) is 5.91 Å². The lowest BCUT2D eigenvalue weighted by atomic mass is 9.48. The van der Waals surface area contributed by atoms with Crippen LogP contribution < -0.4 is 4.74 Å². The van der Waals surface area contributed by atoms with Crippen LogP contribution in [0.3, 0.4) is 0 Å². The van der Waals surface area contributed by atoms with Gasteiger partial charge in [-0.1, -0.05) is 25.8 Å². The number of hydrogen-bond acceptors (Lipinski definition) is 9. The van der Waals surface area contributed by atoms with Crippen molar-refractivity contribution in [2.24, 2.45) is 11.8 Å². The third-order valence-corrected chi connectivity index (χ3v) is 11.2. The van der Waals surface area contributed by atoms with Crippen LogP contribution in [0.1, 0.15) is 75.8 Å². The Kier molecular flexibility index (Phi) is 8.09. The molecule has 3 aliphatic carbocycles. The van der Waals surface area contributed by atoms with Crippen molar-refractivity contribution in [1.82, 2.24) is 9.80 Å². The van der Waals surface area contributed by atoms with Crippen LogP contribution in [-0.4, -0.2) is 114 Å². The Bertz CT molecular complexity index is 1300. The molecule has 7 rings (SSSR count). The van der Waals surface area contributed by atoms with Gasteiger partial charge >= 0.3 is 11.9 Å². The van der Waals surface area contributed by atoms with Crippen LogP contribution in [0.4, 0.5) is 0 Å². The number of amides is 1. The number of benzene rings is 1. The Labute approximate surface area is 256 Å². The predicted octanol–water partition coefficient (Wildman–Crippen LogP) is 1.24. The van der Waals surface area contributed by atoms with Crippen molar-refractivity contribution < 1.29 is 49.8 Å². The Morgan fingerprint density at radius 3 is 2.39 bits per heavy atom. The highest BCUT2D eigenvalue weighted by atomic mass is 16.5. The van der Waals surface area contributed by atoms with Crippen molar-refractivity contribution in [3.8, 4) is 11.5 Å². The molecule has 3 aliphatic heterocycles. The lowest BCUT2D eigenvalue weighted by molar-refractivity contribution is -0.200. The maximum atomic E-state index is 13.5. The smallest absolute Gasteiger partial charge is 0.335 e. The van der Waals surface area contributed by atoms with E-state index in [1.165, 1.54) is 18.4 Å². The molecule has 2 saturated heterocycles. The van der Waals surface area contributed by atoms with E-state index in [2.05, 4.69) is 22.8 Å². The van der Waals surface area contributed by atoms with Crippen molar-refractivity contribution in [2.45, 2.75) is 113 Å². The Balaban J connectivity index is 0.000000299. The summed E-state index contributed by atoms with van der Waals surface area (Å²) in [5.41, 5.74) is 0.864. The molecule has 6 N–H and O–H groups in total. The van der Waals surface area contributed by atoms with Crippen LogP contribution in [-0.2, 0) is 26.2 Å². The second-order valence-electron chi connectivity index (χ2n) is 13.6. The van der Waals surface area contributed by atoms with Crippen LogP contribution >= 0.6 is 0 Å². The highest BCUT2D eigenvalue weighted by Crippen LogP contribution is 2.66. The van der Waals surface area contributed by atoms with E-state index in [0.717, 1.165) is 76.1 Å². The van der Waals surface area contributed by atoms with Gasteiger partial charge in [0.05, 0.1) is 17.1 Å². The van der Waals surface area contributed by atoms with Crippen molar-refractivity contribution >= 4 is 17.8 Å². The molecule has 3 heterocycles. The molecular weight excluding hydrogens is 572 g/mol. The van der Waals surface area contributed by atoms with Gasteiger partial charge in [-0.2, -0.15) is 0 Å². The molecule has 1 amide bonds. The van der Waals surface area contributed by atoms with Crippen molar-refractivity contribution in [3.05, 3.63) is 23.3 Å². The topological polar surface area (TPSA) is 188 Å². The molecule has 1 aromatic carbocycles. The monoisotopic (exact) mass is 616 g/mol. The maximum absolute atomic E-state index is 13.5. The zero-order valence-electron chi connectivity index (χ0n) is 25.1. The lowest BCUT2D eigenvalue weighted by Crippen LogP contribution is -2.78. The lowest BCUT2D eigenvalue weighted by Gasteiger charge is -2.64. The van der Waals surface area contributed by atoms with Crippen molar-refractivity contribution in [2.75, 3.05) is 19.6 Å². The number of carbonyl (C=O) groups is 3. The van der Waals surface area contributed by atoms with Gasteiger partial charge in [-0.15, -0.1) is 0 Å². The summed E-state index contributed by atoms with van der Waals surface area (Å²) in [6.45, 7) is 5.01. The quantitative estimate of drug-likeness (QED) is 0.234. The Morgan fingerprint density at radius 1 is 1.05 bits per heavy atom. The summed E-state index contributed by atoms with van der Waals surface area (Å²) >= 11 is 0. The fourth-order valence-electron chi connectivity index (χ4n) is 8.86. The molecule has 1 spiro atoms. The van der Waals surface area contributed by atoms with Crippen LogP contribution in [0.15, 0.2) is 12.1 Å². The molecule has 242 valence electrons. The van der Waals surface area contributed by atoms with Gasteiger partial charge in [0.1, 0.15) is 6.10 Å². The normalized spacial score (nSPS) is 34.8. The summed E-state index contributed by atoms with van der Waals surface area (Å²) in [5, 5.41) is 55.9. The minimum atomic E-state index is -2.27. The highest BCUT2D eigenvalue weighted by Gasteiger charge is 2.73. The van der Waals surface area contributed by atoms with E-state index in [1.54, 1.807) is 6.07 Å². The van der Waals surface area contributed by atoms with E-state index in [1.807, 2.05) is 0 Å². The molecule has 2 saturated carbocycles. The number of phenols is 1. The summed E-state index contributed by atoms with van der Waals surface area (Å²) in [6, 6.07) is 3.88. The molecule has 8 atom stereocenters. The first-order valence-electron chi connectivity index (χ1n) is 16.0. The number of rotatable bonds is 9. The number of carboxylic acid groups (broad SMARTS) is 2. The summed E-state index contributed by atoms with van der Waals surface area (Å²) in [6.07, 6.45) is 5.04. The molecular formula is C32H44N2O10. The van der Waals surface area contributed by atoms with Gasteiger partial charge in [0, 0.05) is 30.6 Å². The van der Waals surface area contributed by atoms with Gasteiger partial charge in [-0.3, -0.25) is 9.69 Å². The van der Waals surface area contributed by atoms with Gasteiger partial charge in [0.25, 0.3) is 0 Å². The van der Waals surface area contributed by atoms with Gasteiger partial charge in [0.15, 0.2) is 23.7 Å². The molecule has 1 aromatic rings. The number of aromatic hydroxyl groups is 1. The van der Waals surface area contributed by atoms with E-state index < -0.39 is 35.2 Å². The molecule has 12 nitrogen and oxygen atoms in total. The number of aliphatic carboxylic acids is 2. The van der Waals surface area contributed by atoms with E-state index in [4.69, 9.17) is 25.2 Å². The minimum absolute atomic E-state index is 0.0345. The average Bonchev–Trinajstić information content (AvgIpc) is 3.63. The fraction of sp³-hybridized carbons (Fsp3) is 0.719. The number of hydrogen-bond donors (Lipinski definition) is 6. The summed E-state index contributed by atoms with van der Waals surface area (Å²) in [7, 11) is 0. The second kappa shape index (κ2) is 11.5. The number of carbonyl (C=O) groups excluding carboxylic acids is 1. The van der Waals surface area contributed by atoms with E-state index >= 15 is 0 Å². The number of carboxylic acids is 2. The van der Waals surface area contributed by atoms with Crippen LogP contribution in [0.25, 0.3) is 0 Å². The number of aliphatic hydroxyl groups is 3. The number of likely N-dealkylation sites (tertiary alicyclic amines) is 2. The first kappa shape index (κ1) is 31.1. The van der Waals surface area contributed by atoms with Gasteiger partial charge in [-0.25, -0.2) is 9.59 Å². The first-order chi connectivity index (χ1) is 20.9.